The first kappa shape index (κ1) is 12.8. The molecule has 0 aliphatic heterocycles. The van der Waals surface area contributed by atoms with Gasteiger partial charge in [0.05, 0.1) is 12.1 Å². The Morgan fingerprint density at radius 2 is 2.22 bits per heavy atom. The van der Waals surface area contributed by atoms with Crippen LogP contribution < -0.4 is 0 Å². The number of benzene rings is 1. The Labute approximate surface area is 111 Å². The van der Waals surface area contributed by atoms with Crippen LogP contribution in [0.4, 0.5) is 4.39 Å². The van der Waals surface area contributed by atoms with Crippen LogP contribution in [0.15, 0.2) is 28.9 Å². The molecule has 0 spiro atoms. The van der Waals surface area contributed by atoms with E-state index in [4.69, 9.17) is 5.11 Å². The summed E-state index contributed by atoms with van der Waals surface area (Å²) in [6.07, 6.45) is 1.38. The Bertz CT molecular complexity index is 610. The van der Waals surface area contributed by atoms with Crippen LogP contribution in [0.1, 0.15) is 5.69 Å². The minimum Gasteiger partial charge on any atom is -0.481 e. The lowest BCUT2D eigenvalue weighted by Crippen LogP contribution is -2.03. The number of aromatic nitrogens is 2. The van der Waals surface area contributed by atoms with Gasteiger partial charge in [0.25, 0.3) is 0 Å². The number of rotatable bonds is 3. The normalized spacial score (nSPS) is 10.6. The zero-order valence-corrected chi connectivity index (χ0v) is 11.1. The van der Waals surface area contributed by atoms with E-state index >= 15 is 0 Å². The second-order valence-electron chi connectivity index (χ2n) is 3.86. The zero-order chi connectivity index (χ0) is 13.3. The molecular formula is C12H10BrFN2O2. The fourth-order valence-corrected chi connectivity index (χ4v) is 2.10. The Hall–Kier alpha value is -1.69. The monoisotopic (exact) mass is 312 g/mol. The molecule has 0 aliphatic rings. The van der Waals surface area contributed by atoms with Crippen LogP contribution in [0.2, 0.25) is 0 Å². The van der Waals surface area contributed by atoms with Crippen LogP contribution in [0.3, 0.4) is 0 Å². The maximum absolute atomic E-state index is 13.8. The smallest absolute Gasteiger partial charge is 0.309 e. The van der Waals surface area contributed by atoms with E-state index in [9.17, 15) is 9.18 Å². The van der Waals surface area contributed by atoms with Crippen molar-refractivity contribution in [3.63, 3.8) is 0 Å². The highest BCUT2D eigenvalue weighted by molar-refractivity contribution is 9.10. The van der Waals surface area contributed by atoms with Gasteiger partial charge >= 0.3 is 5.97 Å². The number of hydrogen-bond donors (Lipinski definition) is 1. The lowest BCUT2D eigenvalue weighted by molar-refractivity contribution is -0.136. The molecule has 1 aromatic carbocycles. The Kier molecular flexibility index (Phi) is 3.47. The summed E-state index contributed by atoms with van der Waals surface area (Å²) in [7, 11) is 1.67. The molecule has 0 unspecified atom stereocenters. The minimum absolute atomic E-state index is 0.234. The van der Waals surface area contributed by atoms with Crippen molar-refractivity contribution in [3.8, 4) is 11.1 Å². The van der Waals surface area contributed by atoms with Gasteiger partial charge in [-0.05, 0) is 18.2 Å². The predicted octanol–water partition coefficient (Wildman–Crippen LogP) is 2.62. The Morgan fingerprint density at radius 1 is 1.50 bits per heavy atom. The fraction of sp³-hybridized carbons (Fsp3) is 0.167. The molecule has 0 aliphatic carbocycles. The molecule has 4 nitrogen and oxygen atoms in total. The molecule has 2 aromatic rings. The second-order valence-corrected chi connectivity index (χ2v) is 4.77. The van der Waals surface area contributed by atoms with Crippen molar-refractivity contribution < 1.29 is 14.3 Å². The minimum atomic E-state index is -0.995. The van der Waals surface area contributed by atoms with Gasteiger partial charge < -0.3 is 5.11 Å². The Balaban J connectivity index is 2.55. The van der Waals surface area contributed by atoms with E-state index in [-0.39, 0.29) is 6.42 Å². The van der Waals surface area contributed by atoms with Crippen LogP contribution >= 0.6 is 15.9 Å². The predicted molar refractivity (Wildman–Crippen MR) is 67.6 cm³/mol. The van der Waals surface area contributed by atoms with Crippen molar-refractivity contribution in [3.05, 3.63) is 40.4 Å². The van der Waals surface area contributed by atoms with E-state index in [2.05, 4.69) is 21.0 Å². The second kappa shape index (κ2) is 4.89. The maximum atomic E-state index is 13.8. The number of aryl methyl sites for hydroxylation is 1. The van der Waals surface area contributed by atoms with Gasteiger partial charge in [0.15, 0.2) is 0 Å². The largest absolute Gasteiger partial charge is 0.481 e. The van der Waals surface area contributed by atoms with Crippen molar-refractivity contribution in [2.45, 2.75) is 6.42 Å². The molecule has 6 heteroatoms. The quantitative estimate of drug-likeness (QED) is 0.948. The first-order chi connectivity index (χ1) is 8.47. The van der Waals surface area contributed by atoms with E-state index < -0.39 is 11.8 Å². The molecule has 0 bridgehead atoms. The van der Waals surface area contributed by atoms with Gasteiger partial charge in [-0.3, -0.25) is 9.48 Å². The molecule has 1 heterocycles. The number of carbonyl (C=O) groups is 1. The summed E-state index contributed by atoms with van der Waals surface area (Å²) in [6.45, 7) is 0. The standard InChI is InChI=1S/C12H10BrFN2O2/c1-16-6-9(11(15-16)5-12(17)18)8-4-7(13)2-3-10(8)14/h2-4,6H,5H2,1H3,(H,17,18). The third kappa shape index (κ3) is 2.59. The average Bonchev–Trinajstić information content (AvgIpc) is 2.62. The average molecular weight is 313 g/mol. The lowest BCUT2D eigenvalue weighted by Gasteiger charge is -2.03. The SMILES string of the molecule is Cn1cc(-c2cc(Br)ccc2F)c(CC(=O)O)n1. The molecule has 1 aromatic heterocycles. The highest BCUT2D eigenvalue weighted by Gasteiger charge is 2.16. The highest BCUT2D eigenvalue weighted by Crippen LogP contribution is 2.28. The third-order valence-electron chi connectivity index (χ3n) is 2.44. The highest BCUT2D eigenvalue weighted by atomic mass is 79.9. The van der Waals surface area contributed by atoms with Gasteiger partial charge in [0, 0.05) is 28.8 Å². The molecule has 0 atom stereocenters. The molecule has 0 fully saturated rings. The maximum Gasteiger partial charge on any atom is 0.309 e. The van der Waals surface area contributed by atoms with Crippen molar-refractivity contribution in [1.29, 1.82) is 0 Å². The van der Waals surface area contributed by atoms with Crippen molar-refractivity contribution in [2.24, 2.45) is 7.05 Å². The van der Waals surface area contributed by atoms with E-state index in [1.165, 1.54) is 10.7 Å². The van der Waals surface area contributed by atoms with E-state index in [0.29, 0.717) is 16.8 Å². The van der Waals surface area contributed by atoms with Gasteiger partial charge in [0.2, 0.25) is 0 Å². The van der Waals surface area contributed by atoms with Crippen LogP contribution in [0.25, 0.3) is 11.1 Å². The summed E-state index contributed by atoms with van der Waals surface area (Å²) in [6, 6.07) is 4.53. The molecule has 18 heavy (non-hydrogen) atoms. The zero-order valence-electron chi connectivity index (χ0n) is 9.52. The van der Waals surface area contributed by atoms with Gasteiger partial charge in [-0.2, -0.15) is 5.10 Å². The van der Waals surface area contributed by atoms with Crippen LogP contribution in [0, 0.1) is 5.82 Å². The number of carboxylic acids is 1. The van der Waals surface area contributed by atoms with E-state index in [0.717, 1.165) is 4.47 Å². The summed E-state index contributed by atoms with van der Waals surface area (Å²) in [4.78, 5) is 10.8. The summed E-state index contributed by atoms with van der Waals surface area (Å²) < 4.78 is 16.0. The number of hydrogen-bond acceptors (Lipinski definition) is 2. The topological polar surface area (TPSA) is 55.1 Å². The summed E-state index contributed by atoms with van der Waals surface area (Å²) in [5.41, 5.74) is 1.19. The number of nitrogens with zero attached hydrogens (tertiary/aromatic N) is 2. The number of aliphatic carboxylic acids is 1. The van der Waals surface area contributed by atoms with Gasteiger partial charge in [-0.25, -0.2) is 4.39 Å². The molecule has 0 radical (unpaired) electrons. The fourth-order valence-electron chi connectivity index (χ4n) is 1.74. The number of carboxylic acid groups (broad SMARTS) is 1. The van der Waals surface area contributed by atoms with Crippen LogP contribution in [-0.4, -0.2) is 20.9 Å². The molecule has 2 rings (SSSR count). The first-order valence-corrected chi connectivity index (χ1v) is 5.96. The molecule has 94 valence electrons. The van der Waals surface area contributed by atoms with E-state index in [1.54, 1.807) is 25.4 Å². The van der Waals surface area contributed by atoms with Crippen molar-refractivity contribution in [1.82, 2.24) is 9.78 Å². The molecule has 0 saturated carbocycles. The van der Waals surface area contributed by atoms with Crippen molar-refractivity contribution >= 4 is 21.9 Å². The molecular weight excluding hydrogens is 303 g/mol. The Morgan fingerprint density at radius 3 is 2.89 bits per heavy atom. The summed E-state index contributed by atoms with van der Waals surface area (Å²) in [5.74, 6) is -1.40. The third-order valence-corrected chi connectivity index (χ3v) is 2.94. The van der Waals surface area contributed by atoms with E-state index in [1.807, 2.05) is 0 Å². The molecule has 0 saturated heterocycles. The van der Waals surface area contributed by atoms with Crippen molar-refractivity contribution in [2.75, 3.05) is 0 Å². The first-order valence-electron chi connectivity index (χ1n) is 5.17. The van der Waals surface area contributed by atoms with Gasteiger partial charge in [-0.1, -0.05) is 15.9 Å². The van der Waals surface area contributed by atoms with Gasteiger partial charge in [-0.15, -0.1) is 0 Å². The number of halogens is 2. The molecule has 0 amide bonds. The van der Waals surface area contributed by atoms with Gasteiger partial charge in [0.1, 0.15) is 5.82 Å². The summed E-state index contributed by atoms with van der Waals surface area (Å²) >= 11 is 3.27. The summed E-state index contributed by atoms with van der Waals surface area (Å²) in [5, 5.41) is 12.9. The van der Waals surface area contributed by atoms with Crippen LogP contribution in [0.5, 0.6) is 0 Å². The molecule has 1 N–H and O–H groups in total. The lowest BCUT2D eigenvalue weighted by atomic mass is 10.0. The van der Waals surface area contributed by atoms with Crippen LogP contribution in [-0.2, 0) is 18.3 Å².